The molecule has 4 rings (SSSR count). The van der Waals surface area contributed by atoms with Crippen LogP contribution in [-0.4, -0.2) is 30.2 Å². The van der Waals surface area contributed by atoms with Crippen molar-refractivity contribution in [2.24, 2.45) is 0 Å². The number of anilines is 1. The molecule has 1 N–H and O–H groups in total. The van der Waals surface area contributed by atoms with Crippen molar-refractivity contribution >= 4 is 11.6 Å². The third-order valence-corrected chi connectivity index (χ3v) is 4.71. The average molecular weight is 374 g/mol. The molecule has 28 heavy (non-hydrogen) atoms. The second-order valence-corrected chi connectivity index (χ2v) is 6.68. The third-order valence-electron chi connectivity index (χ3n) is 4.71. The van der Waals surface area contributed by atoms with Gasteiger partial charge in [0.05, 0.1) is 13.2 Å². The zero-order valence-corrected chi connectivity index (χ0v) is 15.5. The SMILES string of the molecule is O=C(Nc1ccccc1-c1ccccc1)c1ccnc(OC2CCOCC2)c1. The van der Waals surface area contributed by atoms with E-state index in [-0.39, 0.29) is 12.0 Å². The summed E-state index contributed by atoms with van der Waals surface area (Å²) in [6.07, 6.45) is 3.36. The fourth-order valence-electron chi connectivity index (χ4n) is 3.24. The fraction of sp³-hybridized carbons (Fsp3) is 0.217. The summed E-state index contributed by atoms with van der Waals surface area (Å²) in [4.78, 5) is 17.1. The molecule has 0 saturated carbocycles. The molecule has 1 aliphatic rings. The van der Waals surface area contributed by atoms with E-state index in [4.69, 9.17) is 9.47 Å². The van der Waals surface area contributed by atoms with Crippen molar-refractivity contribution < 1.29 is 14.3 Å². The Morgan fingerprint density at radius 3 is 2.57 bits per heavy atom. The fourth-order valence-corrected chi connectivity index (χ4v) is 3.24. The van der Waals surface area contributed by atoms with Gasteiger partial charge in [-0.15, -0.1) is 0 Å². The highest BCUT2D eigenvalue weighted by Crippen LogP contribution is 2.28. The molecule has 0 spiro atoms. The van der Waals surface area contributed by atoms with Crippen LogP contribution in [0.25, 0.3) is 11.1 Å². The standard InChI is InChI=1S/C23H22N2O3/c26-23(18-10-13-24-22(16-18)28-19-11-14-27-15-12-19)25-21-9-5-4-8-20(21)17-6-2-1-3-7-17/h1-10,13,16,19H,11-12,14-15H2,(H,25,26). The summed E-state index contributed by atoms with van der Waals surface area (Å²) in [5.41, 5.74) is 3.31. The predicted molar refractivity (Wildman–Crippen MR) is 109 cm³/mol. The van der Waals surface area contributed by atoms with Crippen molar-refractivity contribution in [2.75, 3.05) is 18.5 Å². The molecule has 0 atom stereocenters. The molecule has 0 aliphatic carbocycles. The molecular formula is C23H22N2O3. The monoisotopic (exact) mass is 374 g/mol. The predicted octanol–water partition coefficient (Wildman–Crippen LogP) is 4.56. The first kappa shape index (κ1) is 18.2. The molecule has 1 fully saturated rings. The Balaban J connectivity index is 1.51. The number of carbonyl (C=O) groups excluding carboxylic acids is 1. The number of para-hydroxylation sites is 1. The molecule has 2 aromatic carbocycles. The minimum atomic E-state index is -0.192. The third kappa shape index (κ3) is 4.38. The molecule has 0 bridgehead atoms. The molecule has 0 radical (unpaired) electrons. The van der Waals surface area contributed by atoms with Gasteiger partial charge in [-0.3, -0.25) is 4.79 Å². The molecule has 1 amide bonds. The number of pyridine rings is 1. The van der Waals surface area contributed by atoms with E-state index >= 15 is 0 Å². The Hall–Kier alpha value is -3.18. The van der Waals surface area contributed by atoms with Crippen molar-refractivity contribution in [3.8, 4) is 17.0 Å². The Morgan fingerprint density at radius 2 is 1.75 bits per heavy atom. The highest BCUT2D eigenvalue weighted by Gasteiger charge is 2.17. The first-order chi connectivity index (χ1) is 13.8. The zero-order valence-electron chi connectivity index (χ0n) is 15.5. The maximum absolute atomic E-state index is 12.8. The molecular weight excluding hydrogens is 352 g/mol. The summed E-state index contributed by atoms with van der Waals surface area (Å²) in [6, 6.07) is 21.1. The van der Waals surface area contributed by atoms with Crippen LogP contribution in [-0.2, 0) is 4.74 Å². The maximum Gasteiger partial charge on any atom is 0.255 e. The minimum absolute atomic E-state index is 0.0818. The highest BCUT2D eigenvalue weighted by molar-refractivity contribution is 6.06. The summed E-state index contributed by atoms with van der Waals surface area (Å²) >= 11 is 0. The van der Waals surface area contributed by atoms with Gasteiger partial charge in [0.2, 0.25) is 5.88 Å². The molecule has 0 unspecified atom stereocenters. The first-order valence-electron chi connectivity index (χ1n) is 9.46. The molecule has 2 heterocycles. The van der Waals surface area contributed by atoms with E-state index in [0.717, 1.165) is 29.7 Å². The van der Waals surface area contributed by atoms with Crippen LogP contribution >= 0.6 is 0 Å². The van der Waals surface area contributed by atoms with Crippen molar-refractivity contribution in [2.45, 2.75) is 18.9 Å². The topological polar surface area (TPSA) is 60.5 Å². The van der Waals surface area contributed by atoms with E-state index < -0.39 is 0 Å². The lowest BCUT2D eigenvalue weighted by Gasteiger charge is -2.22. The first-order valence-corrected chi connectivity index (χ1v) is 9.46. The number of hydrogen-bond donors (Lipinski definition) is 1. The molecule has 5 nitrogen and oxygen atoms in total. The van der Waals surface area contributed by atoms with Gasteiger partial charge in [0.1, 0.15) is 6.10 Å². The van der Waals surface area contributed by atoms with E-state index in [1.165, 1.54) is 0 Å². The van der Waals surface area contributed by atoms with Crippen molar-refractivity contribution in [1.82, 2.24) is 4.98 Å². The van der Waals surface area contributed by atoms with E-state index in [1.807, 2.05) is 54.6 Å². The van der Waals surface area contributed by atoms with Gasteiger partial charge in [0.15, 0.2) is 0 Å². The smallest absolute Gasteiger partial charge is 0.255 e. The molecule has 5 heteroatoms. The maximum atomic E-state index is 12.8. The van der Waals surface area contributed by atoms with Crippen LogP contribution in [0.1, 0.15) is 23.2 Å². The lowest BCUT2D eigenvalue weighted by Crippen LogP contribution is -2.26. The Morgan fingerprint density at radius 1 is 1.00 bits per heavy atom. The molecule has 1 saturated heterocycles. The number of amides is 1. The van der Waals surface area contributed by atoms with Crippen LogP contribution in [0, 0.1) is 0 Å². The Kier molecular flexibility index (Phi) is 5.64. The number of carbonyl (C=O) groups is 1. The Labute approximate surface area is 164 Å². The van der Waals surface area contributed by atoms with E-state index in [9.17, 15) is 4.79 Å². The average Bonchev–Trinajstić information content (AvgIpc) is 2.76. The van der Waals surface area contributed by atoms with Gasteiger partial charge >= 0.3 is 0 Å². The van der Waals surface area contributed by atoms with Crippen LogP contribution in [0.15, 0.2) is 72.9 Å². The largest absolute Gasteiger partial charge is 0.474 e. The Bertz CT molecular complexity index is 937. The van der Waals surface area contributed by atoms with Gasteiger partial charge in [-0.1, -0.05) is 48.5 Å². The van der Waals surface area contributed by atoms with E-state index in [0.29, 0.717) is 24.7 Å². The second kappa shape index (κ2) is 8.67. The number of hydrogen-bond acceptors (Lipinski definition) is 4. The molecule has 1 aliphatic heterocycles. The lowest BCUT2D eigenvalue weighted by molar-refractivity contribution is 0.0237. The summed E-state index contributed by atoms with van der Waals surface area (Å²) in [5.74, 6) is 0.276. The van der Waals surface area contributed by atoms with Crippen molar-refractivity contribution in [3.05, 3.63) is 78.5 Å². The zero-order chi connectivity index (χ0) is 19.2. The van der Waals surface area contributed by atoms with E-state index in [2.05, 4.69) is 10.3 Å². The van der Waals surface area contributed by atoms with Crippen molar-refractivity contribution in [1.29, 1.82) is 0 Å². The normalized spacial score (nSPS) is 14.4. The summed E-state index contributed by atoms with van der Waals surface area (Å²) in [6.45, 7) is 1.39. The van der Waals surface area contributed by atoms with Crippen LogP contribution < -0.4 is 10.1 Å². The number of aromatic nitrogens is 1. The molecule has 142 valence electrons. The van der Waals surface area contributed by atoms with Crippen molar-refractivity contribution in [3.63, 3.8) is 0 Å². The van der Waals surface area contributed by atoms with Crippen LogP contribution in [0.3, 0.4) is 0 Å². The van der Waals surface area contributed by atoms with Gasteiger partial charge in [-0.25, -0.2) is 4.98 Å². The number of nitrogens with zero attached hydrogens (tertiary/aromatic N) is 1. The number of ether oxygens (including phenoxy) is 2. The van der Waals surface area contributed by atoms with Gasteiger partial charge in [0.25, 0.3) is 5.91 Å². The number of nitrogens with one attached hydrogen (secondary N) is 1. The quantitative estimate of drug-likeness (QED) is 0.711. The lowest BCUT2D eigenvalue weighted by atomic mass is 10.0. The van der Waals surface area contributed by atoms with Crippen LogP contribution in [0.5, 0.6) is 5.88 Å². The van der Waals surface area contributed by atoms with Crippen LogP contribution in [0.2, 0.25) is 0 Å². The van der Waals surface area contributed by atoms with Gasteiger partial charge < -0.3 is 14.8 Å². The number of benzene rings is 2. The molecule has 3 aromatic rings. The second-order valence-electron chi connectivity index (χ2n) is 6.68. The minimum Gasteiger partial charge on any atom is -0.474 e. The number of rotatable bonds is 5. The van der Waals surface area contributed by atoms with E-state index in [1.54, 1.807) is 18.3 Å². The van der Waals surface area contributed by atoms with Gasteiger partial charge in [-0.05, 0) is 17.7 Å². The highest BCUT2D eigenvalue weighted by atomic mass is 16.5. The van der Waals surface area contributed by atoms with Gasteiger partial charge in [-0.2, -0.15) is 0 Å². The molecule has 1 aromatic heterocycles. The summed E-state index contributed by atoms with van der Waals surface area (Å²) in [7, 11) is 0. The summed E-state index contributed by atoms with van der Waals surface area (Å²) < 4.78 is 11.3. The van der Waals surface area contributed by atoms with Gasteiger partial charge in [0, 0.05) is 41.9 Å². The van der Waals surface area contributed by atoms with Crippen LogP contribution in [0.4, 0.5) is 5.69 Å². The summed E-state index contributed by atoms with van der Waals surface area (Å²) in [5, 5.41) is 3.01.